The number of aliphatic hydroxyl groups is 1. The Morgan fingerprint density at radius 1 is 1.41 bits per heavy atom. The summed E-state index contributed by atoms with van der Waals surface area (Å²) >= 11 is 5.84. The average molecular weight is 511 g/mol. The number of hydrogen-bond donors (Lipinski definition) is 3. The minimum atomic E-state index is -4.10. The maximum absolute atomic E-state index is 13.2. The maximum Gasteiger partial charge on any atom is 0.333 e. The minimum absolute atomic E-state index is 0.188. The van der Waals surface area contributed by atoms with E-state index < -0.39 is 22.3 Å². The van der Waals surface area contributed by atoms with Gasteiger partial charge in [0.15, 0.2) is 5.22 Å². The third-order valence-corrected chi connectivity index (χ3v) is 6.31. The van der Waals surface area contributed by atoms with Crippen molar-refractivity contribution in [2.24, 2.45) is 11.1 Å². The van der Waals surface area contributed by atoms with Crippen molar-refractivity contribution in [3.05, 3.63) is 59.2 Å². The van der Waals surface area contributed by atoms with E-state index in [1.807, 2.05) is 6.92 Å². The second-order valence-corrected chi connectivity index (χ2v) is 9.62. The summed E-state index contributed by atoms with van der Waals surface area (Å²) in [5, 5.41) is 22.9. The molecule has 0 spiro atoms. The first-order chi connectivity index (χ1) is 16.1. The molecule has 14 heteroatoms. The summed E-state index contributed by atoms with van der Waals surface area (Å²) in [5.41, 5.74) is 0.397. The lowest BCUT2D eigenvalue weighted by Gasteiger charge is -2.15. The lowest BCUT2D eigenvalue weighted by molar-refractivity contribution is 0.101. The first kappa shape index (κ1) is 24.3. The number of nitrogens with zero attached hydrogens (tertiary/aromatic N) is 4. The van der Waals surface area contributed by atoms with E-state index in [9.17, 15) is 18.3 Å². The second-order valence-electron chi connectivity index (χ2n) is 8.03. The van der Waals surface area contributed by atoms with E-state index in [0.29, 0.717) is 18.6 Å². The highest BCUT2D eigenvalue weighted by atomic mass is 35.5. The molecular weight excluding hydrogens is 488 g/mol. The van der Waals surface area contributed by atoms with Crippen LogP contribution in [0, 0.1) is 5.92 Å². The number of aromatic nitrogens is 4. The molecule has 12 nitrogen and oxygen atoms in total. The highest BCUT2D eigenvalue weighted by Crippen LogP contribution is 2.30. The maximum atomic E-state index is 13.2. The number of anilines is 1. The van der Waals surface area contributed by atoms with Crippen LogP contribution in [-0.4, -0.2) is 57.8 Å². The van der Waals surface area contributed by atoms with E-state index in [2.05, 4.69) is 24.6 Å². The van der Waals surface area contributed by atoms with Crippen LogP contribution in [0.25, 0.3) is 0 Å². The third-order valence-electron chi connectivity index (χ3n) is 5.65. The molecule has 3 aromatic heterocycles. The molecule has 0 amide bonds. The van der Waals surface area contributed by atoms with E-state index in [4.69, 9.17) is 21.2 Å². The van der Waals surface area contributed by atoms with Crippen molar-refractivity contribution in [1.82, 2.24) is 19.7 Å². The van der Waals surface area contributed by atoms with Gasteiger partial charge >= 0.3 is 10.3 Å². The normalized spacial score (nSPS) is 21.5. The number of furan rings is 1. The third kappa shape index (κ3) is 5.62. The van der Waals surface area contributed by atoms with E-state index in [0.717, 1.165) is 0 Å². The van der Waals surface area contributed by atoms with E-state index in [1.165, 1.54) is 12.5 Å². The number of carbonyl (C=O) groups is 1. The monoisotopic (exact) mass is 510 g/mol. The Bertz CT molecular complexity index is 1280. The smallest absolute Gasteiger partial charge is 0.333 e. The molecule has 34 heavy (non-hydrogen) atoms. The summed E-state index contributed by atoms with van der Waals surface area (Å²) in [6.07, 6.45) is 4.26. The lowest BCUT2D eigenvalue weighted by Crippen LogP contribution is -2.24. The summed E-state index contributed by atoms with van der Waals surface area (Å²) in [4.78, 5) is 21.3. The van der Waals surface area contributed by atoms with Gasteiger partial charge in [0.05, 0.1) is 18.3 Å². The van der Waals surface area contributed by atoms with Crippen LogP contribution in [0.5, 0.6) is 0 Å². The summed E-state index contributed by atoms with van der Waals surface area (Å²) in [6, 6.07) is 4.40. The fourth-order valence-electron chi connectivity index (χ4n) is 3.88. The highest BCUT2D eigenvalue weighted by Gasteiger charge is 2.35. The van der Waals surface area contributed by atoms with Crippen molar-refractivity contribution in [2.45, 2.75) is 38.0 Å². The molecule has 1 aliphatic rings. The number of nitrogens with one attached hydrogen (secondary N) is 1. The summed E-state index contributed by atoms with van der Waals surface area (Å²) in [7, 11) is -4.10. The van der Waals surface area contributed by atoms with Crippen molar-refractivity contribution in [2.75, 3.05) is 11.9 Å². The molecule has 0 aliphatic heterocycles. The highest BCUT2D eigenvalue weighted by molar-refractivity contribution is 7.84. The van der Waals surface area contributed by atoms with Crippen LogP contribution < -0.4 is 10.5 Å². The van der Waals surface area contributed by atoms with Gasteiger partial charge in [-0.15, -0.1) is 0 Å². The number of rotatable bonds is 9. The van der Waals surface area contributed by atoms with Gasteiger partial charge in [-0.2, -0.15) is 13.5 Å². The lowest BCUT2D eigenvalue weighted by atomic mass is 10.1. The number of carbonyl (C=O) groups excluding carboxylic acids is 1. The Labute approximate surface area is 200 Å². The van der Waals surface area contributed by atoms with Gasteiger partial charge in [0, 0.05) is 24.4 Å². The molecule has 1 fully saturated rings. The topological polar surface area (TPSA) is 175 Å². The van der Waals surface area contributed by atoms with Gasteiger partial charge in [-0.1, -0.05) is 0 Å². The first-order valence-corrected chi connectivity index (χ1v) is 12.2. The van der Waals surface area contributed by atoms with Crippen LogP contribution in [-0.2, 0) is 14.5 Å². The second kappa shape index (κ2) is 9.80. The van der Waals surface area contributed by atoms with Gasteiger partial charge in [-0.05, 0) is 49.6 Å². The predicted octanol–water partition coefficient (Wildman–Crippen LogP) is 1.53. The van der Waals surface area contributed by atoms with E-state index >= 15 is 0 Å². The van der Waals surface area contributed by atoms with Crippen molar-refractivity contribution in [3.8, 4) is 0 Å². The predicted molar refractivity (Wildman–Crippen MR) is 120 cm³/mol. The van der Waals surface area contributed by atoms with Crippen LogP contribution in [0.1, 0.15) is 47.6 Å². The van der Waals surface area contributed by atoms with Gasteiger partial charge in [0.25, 0.3) is 0 Å². The SMILES string of the molecule is CC(c1ccc(Cl)o1)n1ccc(C(=O)c2cncnc2N[C@@H]2C[C@H](COS(N)(=O)=O)[C@@H](O)C2)n1. The molecule has 4 rings (SSSR count). The van der Waals surface area contributed by atoms with Gasteiger partial charge in [0.2, 0.25) is 5.78 Å². The van der Waals surface area contributed by atoms with E-state index in [1.54, 1.807) is 29.1 Å². The summed E-state index contributed by atoms with van der Waals surface area (Å²) in [6.45, 7) is 1.63. The molecule has 1 saturated carbocycles. The summed E-state index contributed by atoms with van der Waals surface area (Å²) < 4.78 is 33.7. The zero-order valence-electron chi connectivity index (χ0n) is 18.0. The molecule has 4 atom stereocenters. The van der Waals surface area contributed by atoms with Crippen LogP contribution >= 0.6 is 11.6 Å². The van der Waals surface area contributed by atoms with Gasteiger partial charge < -0.3 is 14.8 Å². The quantitative estimate of drug-likeness (QED) is 0.358. The number of nitrogens with two attached hydrogens (primary N) is 1. The molecular formula is C20H23ClN6O6S. The Kier molecular flexibility index (Phi) is 7.00. The average Bonchev–Trinajstić information content (AvgIpc) is 3.51. The Hall–Kier alpha value is -2.84. The molecule has 0 radical (unpaired) electrons. The molecule has 1 unspecified atom stereocenters. The zero-order valence-corrected chi connectivity index (χ0v) is 19.6. The van der Waals surface area contributed by atoms with Crippen LogP contribution in [0.4, 0.5) is 5.82 Å². The van der Waals surface area contributed by atoms with Gasteiger partial charge in [0.1, 0.15) is 29.6 Å². The Morgan fingerprint density at radius 3 is 2.91 bits per heavy atom. The molecule has 3 heterocycles. The minimum Gasteiger partial charge on any atom is -0.447 e. The van der Waals surface area contributed by atoms with Crippen LogP contribution in [0.3, 0.4) is 0 Å². The number of aliphatic hydroxyl groups excluding tert-OH is 1. The van der Waals surface area contributed by atoms with Gasteiger partial charge in [-0.3, -0.25) is 13.7 Å². The zero-order chi connectivity index (χ0) is 24.5. The molecule has 0 aromatic carbocycles. The van der Waals surface area contributed by atoms with Gasteiger partial charge in [-0.25, -0.2) is 15.1 Å². The molecule has 0 saturated heterocycles. The fourth-order valence-corrected chi connectivity index (χ4v) is 4.40. The molecule has 4 N–H and O–H groups in total. The first-order valence-electron chi connectivity index (χ1n) is 10.4. The number of ketones is 1. The van der Waals surface area contributed by atoms with Crippen molar-refractivity contribution in [3.63, 3.8) is 0 Å². The van der Waals surface area contributed by atoms with Crippen LogP contribution in [0.15, 0.2) is 41.3 Å². The van der Waals surface area contributed by atoms with Crippen molar-refractivity contribution >= 4 is 33.5 Å². The van der Waals surface area contributed by atoms with E-state index in [-0.39, 0.29) is 46.8 Å². The standard InChI is InChI=1S/C20H23ClN6O6S/c1-11(17-2-3-18(21)33-17)27-5-4-15(26-27)19(29)14-8-23-10-24-20(14)25-13-6-12(16(28)7-13)9-32-34(22,30)31/h2-5,8,10-13,16,28H,6-7,9H2,1H3,(H2,22,30,31)(H,23,24,25)/t11?,12-,13-,16+/m1/s1. The number of hydrogen-bond acceptors (Lipinski definition) is 10. The Balaban J connectivity index is 1.46. The van der Waals surface area contributed by atoms with Crippen molar-refractivity contribution < 1.29 is 26.9 Å². The molecule has 182 valence electrons. The molecule has 1 aliphatic carbocycles. The molecule has 0 bridgehead atoms. The largest absolute Gasteiger partial charge is 0.447 e. The Morgan fingerprint density at radius 2 is 2.21 bits per heavy atom. The fraction of sp³-hybridized carbons (Fsp3) is 0.400. The van der Waals surface area contributed by atoms with Crippen LogP contribution in [0.2, 0.25) is 5.22 Å². The van der Waals surface area contributed by atoms with Crippen molar-refractivity contribution in [1.29, 1.82) is 0 Å². The number of halogens is 1. The summed E-state index contributed by atoms with van der Waals surface area (Å²) in [5.74, 6) is 0.0483. The molecule has 3 aromatic rings.